The lowest BCUT2D eigenvalue weighted by molar-refractivity contribution is -0.684. The topological polar surface area (TPSA) is 47.2 Å². The summed E-state index contributed by atoms with van der Waals surface area (Å²) in [7, 11) is 0. The number of hydrogen-bond acceptors (Lipinski definition) is 3. The first-order chi connectivity index (χ1) is 14.7. The number of ether oxygens (including phenoxy) is 1. The molecule has 0 spiro atoms. The zero-order valence-corrected chi connectivity index (χ0v) is 17.7. The van der Waals surface area contributed by atoms with E-state index in [9.17, 15) is 9.59 Å². The Balaban J connectivity index is 1.75. The van der Waals surface area contributed by atoms with Crippen LogP contribution < -0.4 is 4.57 Å². The molecule has 0 unspecified atom stereocenters. The summed E-state index contributed by atoms with van der Waals surface area (Å²) in [6.07, 6.45) is 8.60. The molecule has 0 fully saturated rings. The van der Waals surface area contributed by atoms with E-state index < -0.39 is 0 Å². The van der Waals surface area contributed by atoms with Crippen molar-refractivity contribution in [2.75, 3.05) is 6.61 Å². The summed E-state index contributed by atoms with van der Waals surface area (Å²) in [4.78, 5) is 25.7. The van der Waals surface area contributed by atoms with Crippen molar-refractivity contribution in [2.24, 2.45) is 0 Å². The van der Waals surface area contributed by atoms with Crippen molar-refractivity contribution in [3.8, 4) is 0 Å². The van der Waals surface area contributed by atoms with Crippen LogP contribution in [0.3, 0.4) is 0 Å². The third-order valence-electron chi connectivity index (χ3n) is 5.27. The summed E-state index contributed by atoms with van der Waals surface area (Å²) < 4.78 is 7.31. The van der Waals surface area contributed by atoms with E-state index in [1.165, 1.54) is 25.7 Å². The van der Waals surface area contributed by atoms with Gasteiger partial charge in [-0.15, -0.1) is 0 Å². The average molecular weight is 405 g/mol. The number of fused-ring (bicyclic) bond motifs is 1. The molecule has 0 bridgehead atoms. The molecule has 1 aromatic heterocycles. The number of aromatic nitrogens is 1. The number of unbranched alkanes of at least 4 members (excludes halogenated alkanes) is 5. The minimum Gasteiger partial charge on any atom is -0.458 e. The fourth-order valence-corrected chi connectivity index (χ4v) is 3.60. The quantitative estimate of drug-likeness (QED) is 0.183. The minimum atomic E-state index is -0.374. The molecule has 4 nitrogen and oxygen atoms in total. The van der Waals surface area contributed by atoms with Gasteiger partial charge in [-0.3, -0.25) is 4.79 Å². The summed E-state index contributed by atoms with van der Waals surface area (Å²) in [5, 5.41) is 1.75. The number of rotatable bonds is 11. The molecule has 0 aliphatic rings. The Labute approximate surface area is 178 Å². The van der Waals surface area contributed by atoms with Crippen LogP contribution in [0.15, 0.2) is 66.9 Å². The Morgan fingerprint density at radius 3 is 2.33 bits per heavy atom. The molecule has 3 rings (SSSR count). The molecule has 0 N–H and O–H groups in total. The highest BCUT2D eigenvalue weighted by Gasteiger charge is 2.26. The molecule has 0 atom stereocenters. The summed E-state index contributed by atoms with van der Waals surface area (Å²) in [5.74, 6) is -0.415. The molecule has 0 saturated heterocycles. The van der Waals surface area contributed by atoms with Gasteiger partial charge in [0.25, 0.3) is 5.69 Å². The van der Waals surface area contributed by atoms with Gasteiger partial charge in [-0.25, -0.2) is 4.79 Å². The third kappa shape index (κ3) is 5.76. The van der Waals surface area contributed by atoms with Crippen molar-refractivity contribution >= 4 is 22.5 Å². The lowest BCUT2D eigenvalue weighted by atomic mass is 10.1. The first-order valence-corrected chi connectivity index (χ1v) is 10.9. The fraction of sp³-hybridized carbons (Fsp3) is 0.346. The molecular formula is C26H30NO3+. The summed E-state index contributed by atoms with van der Waals surface area (Å²) in [6, 6.07) is 18.8. The normalized spacial score (nSPS) is 10.8. The van der Waals surface area contributed by atoms with Crippen LogP contribution in [0.1, 0.15) is 66.3 Å². The van der Waals surface area contributed by atoms with E-state index in [0.717, 1.165) is 23.6 Å². The van der Waals surface area contributed by atoms with Gasteiger partial charge in [0.2, 0.25) is 12.3 Å². The number of nitrogens with zero attached hydrogens (tertiary/aromatic N) is 1. The maximum atomic E-state index is 13.0. The number of carbonyl (C=O) groups is 2. The van der Waals surface area contributed by atoms with E-state index in [1.54, 1.807) is 22.9 Å². The van der Waals surface area contributed by atoms with Crippen molar-refractivity contribution in [1.29, 1.82) is 0 Å². The third-order valence-corrected chi connectivity index (χ3v) is 5.27. The van der Waals surface area contributed by atoms with Gasteiger partial charge in [-0.05, 0) is 17.9 Å². The Morgan fingerprint density at radius 1 is 0.833 bits per heavy atom. The predicted octanol–water partition coefficient (Wildman–Crippen LogP) is 5.53. The molecule has 2 aromatic carbocycles. The second-order valence-corrected chi connectivity index (χ2v) is 7.57. The van der Waals surface area contributed by atoms with Crippen LogP contribution in [0.2, 0.25) is 0 Å². The highest BCUT2D eigenvalue weighted by Crippen LogP contribution is 2.17. The molecule has 0 amide bonds. The number of Topliss-reactive ketones (excluding diaryl/α,β-unsaturated/α-hetero) is 1. The summed E-state index contributed by atoms with van der Waals surface area (Å²) >= 11 is 0. The summed E-state index contributed by atoms with van der Waals surface area (Å²) in [5.41, 5.74) is 1.06. The largest absolute Gasteiger partial charge is 0.458 e. The molecule has 1 heterocycles. The first-order valence-electron chi connectivity index (χ1n) is 10.9. The highest BCUT2D eigenvalue weighted by molar-refractivity contribution is 6.01. The molecule has 156 valence electrons. The van der Waals surface area contributed by atoms with Crippen molar-refractivity contribution < 1.29 is 18.9 Å². The second-order valence-electron chi connectivity index (χ2n) is 7.57. The zero-order chi connectivity index (χ0) is 21.2. The average Bonchev–Trinajstić information content (AvgIpc) is 2.78. The number of esters is 1. The number of hydrogen-bond donors (Lipinski definition) is 0. The van der Waals surface area contributed by atoms with Crippen molar-refractivity contribution in [3.05, 3.63) is 78.1 Å². The van der Waals surface area contributed by atoms with Gasteiger partial charge in [-0.1, -0.05) is 87.6 Å². The number of benzene rings is 2. The van der Waals surface area contributed by atoms with Crippen molar-refractivity contribution in [2.45, 2.75) is 52.0 Å². The van der Waals surface area contributed by atoms with E-state index in [0.29, 0.717) is 17.9 Å². The molecule has 4 heteroatoms. The molecule has 30 heavy (non-hydrogen) atoms. The monoisotopic (exact) mass is 404 g/mol. The van der Waals surface area contributed by atoms with Crippen LogP contribution in [0.5, 0.6) is 0 Å². The lowest BCUT2D eigenvalue weighted by Gasteiger charge is -2.08. The second kappa shape index (κ2) is 11.2. The Hall–Kier alpha value is -3.01. The van der Waals surface area contributed by atoms with Gasteiger partial charge < -0.3 is 4.74 Å². The minimum absolute atomic E-state index is 0.0409. The molecule has 0 radical (unpaired) electrons. The van der Waals surface area contributed by atoms with Crippen LogP contribution in [-0.4, -0.2) is 18.4 Å². The Kier molecular flexibility index (Phi) is 8.13. The van der Waals surface area contributed by atoms with E-state index in [-0.39, 0.29) is 18.3 Å². The van der Waals surface area contributed by atoms with Crippen molar-refractivity contribution in [3.63, 3.8) is 0 Å². The van der Waals surface area contributed by atoms with Crippen LogP contribution in [0.25, 0.3) is 10.8 Å². The lowest BCUT2D eigenvalue weighted by Crippen LogP contribution is -2.44. The van der Waals surface area contributed by atoms with E-state index in [1.807, 2.05) is 48.5 Å². The molecule has 0 saturated carbocycles. The predicted molar refractivity (Wildman–Crippen MR) is 119 cm³/mol. The van der Waals surface area contributed by atoms with Crippen LogP contribution >= 0.6 is 0 Å². The van der Waals surface area contributed by atoms with Gasteiger partial charge in [0.05, 0.1) is 12.0 Å². The van der Waals surface area contributed by atoms with Crippen LogP contribution in [0, 0.1) is 0 Å². The van der Waals surface area contributed by atoms with Crippen molar-refractivity contribution in [1.82, 2.24) is 0 Å². The van der Waals surface area contributed by atoms with Gasteiger partial charge in [0.15, 0.2) is 6.20 Å². The standard InChI is InChI=1S/C26H30NO3/c1-2-3-4-5-6-12-19-30-26(29)25-23-16-11-10-13-21(23)17-18-27(25)20-24(28)22-14-8-7-9-15-22/h7-11,13-18H,2-6,12,19-20H2,1H3/q+1. The Morgan fingerprint density at radius 2 is 1.53 bits per heavy atom. The molecule has 0 aliphatic heterocycles. The summed E-state index contributed by atoms with van der Waals surface area (Å²) in [6.45, 7) is 2.70. The van der Waals surface area contributed by atoms with Gasteiger partial charge >= 0.3 is 5.97 Å². The molecule has 0 aliphatic carbocycles. The van der Waals surface area contributed by atoms with E-state index >= 15 is 0 Å². The molecular weight excluding hydrogens is 374 g/mol. The maximum absolute atomic E-state index is 13.0. The van der Waals surface area contributed by atoms with E-state index in [2.05, 4.69) is 6.92 Å². The van der Waals surface area contributed by atoms with Crippen LogP contribution in [0.4, 0.5) is 0 Å². The highest BCUT2D eigenvalue weighted by atomic mass is 16.5. The van der Waals surface area contributed by atoms with Gasteiger partial charge in [0.1, 0.15) is 0 Å². The Bertz CT molecular complexity index is 982. The SMILES string of the molecule is CCCCCCCCOC(=O)c1c2ccccc2cc[n+]1CC(=O)c1ccccc1. The molecule has 3 aromatic rings. The first kappa shape index (κ1) is 21.7. The van der Waals surface area contributed by atoms with E-state index in [4.69, 9.17) is 4.74 Å². The smallest absolute Gasteiger partial charge is 0.404 e. The van der Waals surface area contributed by atoms with Crippen LogP contribution in [-0.2, 0) is 11.3 Å². The fourth-order valence-electron chi connectivity index (χ4n) is 3.60. The number of carbonyl (C=O) groups excluding carboxylic acids is 2. The zero-order valence-electron chi connectivity index (χ0n) is 17.7. The number of ketones is 1. The maximum Gasteiger partial charge on any atom is 0.404 e. The number of pyridine rings is 1. The van der Waals surface area contributed by atoms with Gasteiger partial charge in [-0.2, -0.15) is 4.57 Å². The van der Waals surface area contributed by atoms with Gasteiger partial charge in [0, 0.05) is 11.6 Å².